The molecule has 4 rings (SSSR count). The quantitative estimate of drug-likeness (QED) is 0.591. The summed E-state index contributed by atoms with van der Waals surface area (Å²) < 4.78 is 5.37. The number of carbonyl (C=O) groups is 3. The number of fused-ring (bicyclic) bond motifs is 2. The summed E-state index contributed by atoms with van der Waals surface area (Å²) >= 11 is 0. The molecule has 4 N–H and O–H groups in total. The fraction of sp³-hybridized carbons (Fsp3) is 0.167. The highest BCUT2D eigenvalue weighted by Crippen LogP contribution is 2.30. The lowest BCUT2D eigenvalue weighted by Crippen LogP contribution is -2.53. The van der Waals surface area contributed by atoms with Crippen LogP contribution in [0.4, 0.5) is 5.69 Å². The summed E-state index contributed by atoms with van der Waals surface area (Å²) in [5, 5.41) is 24.9. The number of rotatable bonds is 3. The molecule has 8 nitrogen and oxygen atoms in total. The lowest BCUT2D eigenvalue weighted by atomic mass is 9.72. The first-order chi connectivity index (χ1) is 12.9. The molecule has 0 spiro atoms. The van der Waals surface area contributed by atoms with E-state index in [2.05, 4.69) is 10.6 Å². The van der Waals surface area contributed by atoms with Gasteiger partial charge in [-0.25, -0.2) is 4.79 Å². The van der Waals surface area contributed by atoms with Gasteiger partial charge >= 0.3 is 13.1 Å². The van der Waals surface area contributed by atoms with E-state index in [1.165, 1.54) is 6.07 Å². The lowest BCUT2D eigenvalue weighted by molar-refractivity contribution is -0.115. The van der Waals surface area contributed by atoms with Gasteiger partial charge in [0.15, 0.2) is 0 Å². The molecule has 136 valence electrons. The monoisotopic (exact) mass is 366 g/mol. The molecule has 2 aromatic carbocycles. The van der Waals surface area contributed by atoms with Crippen molar-refractivity contribution in [1.29, 1.82) is 0 Å². The van der Waals surface area contributed by atoms with Crippen molar-refractivity contribution in [2.24, 2.45) is 0 Å². The number of carboxylic acids is 1. The fourth-order valence-corrected chi connectivity index (χ4v) is 3.34. The molecule has 2 amide bonds. The zero-order chi connectivity index (χ0) is 19.1. The second kappa shape index (κ2) is 6.44. The molecule has 0 fully saturated rings. The van der Waals surface area contributed by atoms with Gasteiger partial charge in [0, 0.05) is 11.3 Å². The van der Waals surface area contributed by atoms with Gasteiger partial charge in [-0.2, -0.15) is 0 Å². The largest absolute Gasteiger partial charge is 0.547 e. The standard InChI is InChI=1S/C18H15BN2O6/c22-15-8-11-6-10(4-5-13(11)20-15)17(23)21-14-7-9-2-1-3-12(18(24)25)16(9)27-19(14)26/h1-6,14,26H,7-8H2,(H,20,22)(H,21,23)(H,24,25). The predicted octanol–water partition coefficient (Wildman–Crippen LogP) is 0.633. The first-order valence-electron chi connectivity index (χ1n) is 8.36. The number of amides is 2. The number of nitrogens with one attached hydrogen (secondary N) is 2. The first kappa shape index (κ1) is 17.1. The summed E-state index contributed by atoms with van der Waals surface area (Å²) in [6, 6.07) is 9.57. The molecule has 0 radical (unpaired) electrons. The maximum atomic E-state index is 12.5. The average Bonchev–Trinajstić information content (AvgIpc) is 3.00. The van der Waals surface area contributed by atoms with E-state index in [0.29, 0.717) is 16.8 Å². The summed E-state index contributed by atoms with van der Waals surface area (Å²) in [6.07, 6.45) is 0.450. The second-order valence-corrected chi connectivity index (χ2v) is 6.49. The number of benzene rings is 2. The number of carboxylic acid groups (broad SMARTS) is 1. The van der Waals surface area contributed by atoms with Crippen LogP contribution in [-0.2, 0) is 17.6 Å². The minimum atomic E-state index is -1.38. The maximum absolute atomic E-state index is 12.5. The summed E-state index contributed by atoms with van der Waals surface area (Å²) in [5.41, 5.74) is 2.35. The van der Waals surface area contributed by atoms with Crippen LogP contribution in [-0.4, -0.2) is 41.0 Å². The van der Waals surface area contributed by atoms with Crippen molar-refractivity contribution in [2.75, 3.05) is 5.32 Å². The highest BCUT2D eigenvalue weighted by atomic mass is 16.5. The zero-order valence-electron chi connectivity index (χ0n) is 14.1. The van der Waals surface area contributed by atoms with Gasteiger partial charge in [0.1, 0.15) is 5.75 Å². The Balaban J connectivity index is 1.53. The highest BCUT2D eigenvalue weighted by Gasteiger charge is 2.38. The van der Waals surface area contributed by atoms with Crippen molar-refractivity contribution in [1.82, 2.24) is 5.32 Å². The predicted molar refractivity (Wildman–Crippen MR) is 95.7 cm³/mol. The molecule has 2 aliphatic heterocycles. The van der Waals surface area contributed by atoms with Crippen LogP contribution in [0.3, 0.4) is 0 Å². The molecule has 0 aliphatic carbocycles. The molecule has 2 heterocycles. The number of anilines is 1. The highest BCUT2D eigenvalue weighted by molar-refractivity contribution is 6.47. The van der Waals surface area contributed by atoms with Crippen LogP contribution in [0.5, 0.6) is 5.75 Å². The van der Waals surface area contributed by atoms with Crippen LogP contribution < -0.4 is 15.3 Å². The van der Waals surface area contributed by atoms with Crippen molar-refractivity contribution in [3.63, 3.8) is 0 Å². The van der Waals surface area contributed by atoms with Crippen molar-refractivity contribution >= 4 is 30.6 Å². The summed E-state index contributed by atoms with van der Waals surface area (Å²) in [6.45, 7) is 0. The van der Waals surface area contributed by atoms with E-state index in [9.17, 15) is 24.5 Å². The normalized spacial score (nSPS) is 17.4. The van der Waals surface area contributed by atoms with Gasteiger partial charge in [-0.15, -0.1) is 0 Å². The van der Waals surface area contributed by atoms with E-state index in [1.807, 2.05) is 0 Å². The van der Waals surface area contributed by atoms with E-state index >= 15 is 0 Å². The SMILES string of the molecule is O=C1Cc2cc(C(=O)NC3Cc4cccc(C(=O)O)c4OB3O)ccc2N1. The first-order valence-corrected chi connectivity index (χ1v) is 8.36. The molecule has 27 heavy (non-hydrogen) atoms. The Hall–Kier alpha value is -3.33. The minimum Gasteiger partial charge on any atom is -0.534 e. The van der Waals surface area contributed by atoms with E-state index in [-0.39, 0.29) is 30.1 Å². The third kappa shape index (κ3) is 3.13. The Morgan fingerprint density at radius 2 is 2.04 bits per heavy atom. The van der Waals surface area contributed by atoms with Crippen LogP contribution in [0.25, 0.3) is 0 Å². The zero-order valence-corrected chi connectivity index (χ0v) is 14.1. The molecule has 0 bridgehead atoms. The number of hydrogen-bond donors (Lipinski definition) is 4. The van der Waals surface area contributed by atoms with Crippen molar-refractivity contribution in [3.8, 4) is 5.75 Å². The van der Waals surface area contributed by atoms with Crippen LogP contribution in [0.2, 0.25) is 0 Å². The average molecular weight is 366 g/mol. The number of hydrogen-bond acceptors (Lipinski definition) is 5. The van der Waals surface area contributed by atoms with Gasteiger partial charge in [-0.3, -0.25) is 9.59 Å². The molecule has 2 aliphatic rings. The molecular formula is C18H15BN2O6. The van der Waals surface area contributed by atoms with E-state index in [0.717, 1.165) is 5.56 Å². The fourth-order valence-electron chi connectivity index (χ4n) is 3.34. The van der Waals surface area contributed by atoms with Gasteiger partial charge in [-0.1, -0.05) is 12.1 Å². The number of carbonyl (C=O) groups excluding carboxylic acids is 2. The van der Waals surface area contributed by atoms with Gasteiger partial charge in [0.2, 0.25) is 5.91 Å². The molecule has 2 aromatic rings. The second-order valence-electron chi connectivity index (χ2n) is 6.49. The Labute approximate surface area is 154 Å². The molecule has 0 aromatic heterocycles. The lowest BCUT2D eigenvalue weighted by Gasteiger charge is -2.28. The Morgan fingerprint density at radius 3 is 2.81 bits per heavy atom. The third-order valence-corrected chi connectivity index (χ3v) is 4.66. The molecule has 0 saturated heterocycles. The van der Waals surface area contributed by atoms with Crippen LogP contribution in [0.1, 0.15) is 31.8 Å². The van der Waals surface area contributed by atoms with E-state index in [4.69, 9.17) is 4.65 Å². The van der Waals surface area contributed by atoms with Crippen molar-refractivity contribution in [3.05, 3.63) is 58.7 Å². The summed E-state index contributed by atoms with van der Waals surface area (Å²) in [7, 11) is -1.38. The van der Waals surface area contributed by atoms with Crippen LogP contribution >= 0.6 is 0 Å². The molecular weight excluding hydrogens is 351 g/mol. The van der Waals surface area contributed by atoms with Gasteiger partial charge < -0.3 is 25.4 Å². The molecule has 0 saturated carbocycles. The minimum absolute atomic E-state index is 0.0351. The molecule has 1 atom stereocenters. The topological polar surface area (TPSA) is 125 Å². The van der Waals surface area contributed by atoms with Crippen LogP contribution in [0.15, 0.2) is 36.4 Å². The third-order valence-electron chi connectivity index (χ3n) is 4.66. The van der Waals surface area contributed by atoms with E-state index in [1.54, 1.807) is 30.3 Å². The van der Waals surface area contributed by atoms with E-state index < -0.39 is 24.9 Å². The number of aromatic carboxylic acids is 1. The van der Waals surface area contributed by atoms with Gasteiger partial charge in [-0.05, 0) is 41.8 Å². The smallest absolute Gasteiger partial charge is 0.534 e. The van der Waals surface area contributed by atoms with Gasteiger partial charge in [0.05, 0.1) is 17.9 Å². The Bertz CT molecular complexity index is 976. The maximum Gasteiger partial charge on any atom is 0.547 e. The van der Waals surface area contributed by atoms with Gasteiger partial charge in [0.25, 0.3) is 5.91 Å². The Morgan fingerprint density at radius 1 is 1.22 bits per heavy atom. The van der Waals surface area contributed by atoms with Crippen molar-refractivity contribution < 1.29 is 29.2 Å². The number of para-hydroxylation sites is 1. The summed E-state index contributed by atoms with van der Waals surface area (Å²) in [5.74, 6) is -2.30. The molecule has 9 heteroatoms. The molecule has 1 unspecified atom stereocenters. The van der Waals surface area contributed by atoms with Crippen molar-refractivity contribution in [2.45, 2.75) is 18.8 Å². The van der Waals surface area contributed by atoms with Crippen LogP contribution in [0, 0.1) is 0 Å². The Kier molecular flexibility index (Phi) is 4.08. The summed E-state index contributed by atoms with van der Waals surface area (Å²) in [4.78, 5) is 35.3.